The van der Waals surface area contributed by atoms with Crippen molar-refractivity contribution in [1.82, 2.24) is 0 Å². The molecular formula is C60H63BN2. The fourth-order valence-electron chi connectivity index (χ4n) is 10.8. The third-order valence-corrected chi connectivity index (χ3v) is 14.1. The van der Waals surface area contributed by atoms with Crippen molar-refractivity contribution in [2.24, 2.45) is 5.41 Å². The smallest absolute Gasteiger partial charge is 0.252 e. The van der Waals surface area contributed by atoms with Gasteiger partial charge in [-0.25, -0.2) is 0 Å². The highest BCUT2D eigenvalue weighted by molar-refractivity contribution is 7.00. The zero-order valence-corrected chi connectivity index (χ0v) is 39.7. The average Bonchev–Trinajstić information content (AvgIpc) is 3.54. The van der Waals surface area contributed by atoms with E-state index in [1.807, 2.05) is 0 Å². The van der Waals surface area contributed by atoms with Gasteiger partial charge in [0.2, 0.25) is 0 Å². The van der Waals surface area contributed by atoms with Crippen LogP contribution in [-0.4, -0.2) is 6.71 Å². The van der Waals surface area contributed by atoms with Crippen molar-refractivity contribution >= 4 is 57.2 Å². The molecule has 0 N–H and O–H groups in total. The maximum absolute atomic E-state index is 2.67. The van der Waals surface area contributed by atoms with Crippen LogP contribution in [0.15, 0.2) is 140 Å². The molecule has 0 aromatic heterocycles. The van der Waals surface area contributed by atoms with Crippen LogP contribution in [0.3, 0.4) is 0 Å². The van der Waals surface area contributed by atoms with Gasteiger partial charge in [0.25, 0.3) is 6.71 Å². The van der Waals surface area contributed by atoms with Crippen molar-refractivity contribution in [2.45, 2.75) is 112 Å². The summed E-state index contributed by atoms with van der Waals surface area (Å²) >= 11 is 0. The van der Waals surface area contributed by atoms with Crippen LogP contribution in [-0.2, 0) is 29.1 Å². The predicted octanol–water partition coefficient (Wildman–Crippen LogP) is 14.4. The first-order chi connectivity index (χ1) is 29.8. The monoisotopic (exact) mass is 823 g/mol. The summed E-state index contributed by atoms with van der Waals surface area (Å²) in [6.45, 7) is 28.2. The quantitative estimate of drug-likeness (QED) is 0.163. The summed E-state index contributed by atoms with van der Waals surface area (Å²) in [6, 6.07) is 54.2. The van der Waals surface area contributed by atoms with Crippen molar-refractivity contribution < 1.29 is 0 Å². The number of nitrogens with zero attached hydrogens (tertiary/aromatic N) is 2. The molecule has 0 saturated heterocycles. The molecular weight excluding hydrogens is 759 g/mol. The summed E-state index contributed by atoms with van der Waals surface area (Å²) in [7, 11) is 0. The zero-order valence-electron chi connectivity index (χ0n) is 39.7. The van der Waals surface area contributed by atoms with Crippen LogP contribution >= 0.6 is 0 Å². The lowest BCUT2D eigenvalue weighted by Crippen LogP contribution is -2.61. The van der Waals surface area contributed by atoms with Gasteiger partial charge in [0.05, 0.1) is 5.69 Å². The molecule has 63 heavy (non-hydrogen) atoms. The first-order valence-corrected chi connectivity index (χ1v) is 23.2. The summed E-state index contributed by atoms with van der Waals surface area (Å²) < 4.78 is 0. The Labute approximate surface area is 378 Å². The number of hydrogen-bond acceptors (Lipinski definition) is 2. The van der Waals surface area contributed by atoms with E-state index in [0.717, 1.165) is 12.8 Å². The second kappa shape index (κ2) is 14.4. The third-order valence-electron chi connectivity index (χ3n) is 14.1. The minimum Gasteiger partial charge on any atom is -0.311 e. The molecule has 2 heterocycles. The van der Waals surface area contributed by atoms with Crippen molar-refractivity contribution in [3.05, 3.63) is 173 Å². The largest absolute Gasteiger partial charge is 0.311 e. The van der Waals surface area contributed by atoms with E-state index < -0.39 is 0 Å². The Hall–Kier alpha value is -5.80. The highest BCUT2D eigenvalue weighted by Crippen LogP contribution is 2.50. The molecule has 0 saturated carbocycles. The Bertz CT molecular complexity index is 2930. The second-order valence-electron chi connectivity index (χ2n) is 22.7. The van der Waals surface area contributed by atoms with Gasteiger partial charge < -0.3 is 9.80 Å². The van der Waals surface area contributed by atoms with Gasteiger partial charge in [0.15, 0.2) is 0 Å². The van der Waals surface area contributed by atoms with Crippen molar-refractivity contribution in [2.75, 3.05) is 9.80 Å². The molecule has 1 aliphatic carbocycles. The second-order valence-corrected chi connectivity index (χ2v) is 22.7. The van der Waals surface area contributed by atoms with Crippen LogP contribution in [0.4, 0.5) is 34.1 Å². The summed E-state index contributed by atoms with van der Waals surface area (Å²) in [6.07, 6.45) is 2.17. The molecule has 2 nitrogen and oxygen atoms in total. The molecule has 0 unspecified atom stereocenters. The molecule has 2 aliphatic heterocycles. The van der Waals surface area contributed by atoms with Gasteiger partial charge in [-0.15, -0.1) is 0 Å². The fraction of sp³-hybridized carbons (Fsp3) is 0.300. The molecule has 0 bridgehead atoms. The van der Waals surface area contributed by atoms with Crippen molar-refractivity contribution in [1.29, 1.82) is 0 Å². The molecule has 7 aromatic rings. The lowest BCUT2D eigenvalue weighted by Gasteiger charge is -2.45. The van der Waals surface area contributed by atoms with Crippen LogP contribution in [0.1, 0.15) is 110 Å². The van der Waals surface area contributed by atoms with Gasteiger partial charge >= 0.3 is 0 Å². The Morgan fingerprint density at radius 1 is 0.444 bits per heavy atom. The lowest BCUT2D eigenvalue weighted by atomic mass is 9.33. The first kappa shape index (κ1) is 41.2. The van der Waals surface area contributed by atoms with Gasteiger partial charge in [-0.1, -0.05) is 167 Å². The molecule has 0 atom stereocenters. The van der Waals surface area contributed by atoms with Crippen LogP contribution in [0.25, 0.3) is 22.3 Å². The van der Waals surface area contributed by atoms with Gasteiger partial charge in [0, 0.05) is 34.0 Å². The Kier molecular flexibility index (Phi) is 9.40. The molecule has 0 amide bonds. The molecule has 3 aliphatic rings. The highest BCUT2D eigenvalue weighted by Gasteiger charge is 2.45. The average molecular weight is 823 g/mol. The summed E-state index contributed by atoms with van der Waals surface area (Å²) in [5.41, 5.74) is 25.2. The third kappa shape index (κ3) is 7.04. The van der Waals surface area contributed by atoms with Crippen LogP contribution in [0.5, 0.6) is 0 Å². The number of anilines is 6. The van der Waals surface area contributed by atoms with Gasteiger partial charge in [-0.05, 0) is 156 Å². The summed E-state index contributed by atoms with van der Waals surface area (Å²) in [4.78, 5) is 5.25. The van der Waals surface area contributed by atoms with E-state index in [1.54, 1.807) is 0 Å². The van der Waals surface area contributed by atoms with E-state index in [4.69, 9.17) is 0 Å². The number of hydrogen-bond donors (Lipinski definition) is 0. The molecule has 3 heteroatoms. The van der Waals surface area contributed by atoms with Crippen LogP contribution in [0.2, 0.25) is 0 Å². The lowest BCUT2D eigenvalue weighted by molar-refractivity contribution is 0.392. The SMILES string of the molecule is Cc1cc2c3c(c1)N(c1ccc(C(C)(C)C)cc1-c1ccccc1-c1ccccc1)c1cc4c(cc1B3c1cc(C(C)(C)C)ccc1N2c1ccc(C(C)(C)C)cc1)CC(C)(C)C4. The Morgan fingerprint density at radius 2 is 0.968 bits per heavy atom. The number of fused-ring (bicyclic) bond motifs is 5. The van der Waals surface area contributed by atoms with Gasteiger partial charge in [-0.2, -0.15) is 0 Å². The van der Waals surface area contributed by atoms with Crippen molar-refractivity contribution in [3.63, 3.8) is 0 Å². The van der Waals surface area contributed by atoms with E-state index >= 15 is 0 Å². The summed E-state index contributed by atoms with van der Waals surface area (Å²) in [5.74, 6) is 0. The van der Waals surface area contributed by atoms with Crippen LogP contribution in [0, 0.1) is 12.3 Å². The number of aryl methyl sites for hydroxylation is 1. The Morgan fingerprint density at radius 3 is 1.60 bits per heavy atom. The highest BCUT2D eigenvalue weighted by atomic mass is 15.2. The number of benzene rings is 7. The molecule has 7 aromatic carbocycles. The molecule has 10 rings (SSSR count). The van der Waals surface area contributed by atoms with E-state index in [9.17, 15) is 0 Å². The first-order valence-electron chi connectivity index (χ1n) is 23.2. The topological polar surface area (TPSA) is 6.48 Å². The van der Waals surface area contributed by atoms with Crippen molar-refractivity contribution in [3.8, 4) is 22.3 Å². The molecule has 0 spiro atoms. The fourth-order valence-corrected chi connectivity index (χ4v) is 10.8. The maximum atomic E-state index is 2.67. The van der Waals surface area contributed by atoms with E-state index in [0.29, 0.717) is 0 Å². The molecule has 316 valence electrons. The van der Waals surface area contributed by atoms with E-state index in [-0.39, 0.29) is 28.4 Å². The standard InChI is InChI=1S/C60H63BN2/c1-38-30-54-56-55(31-38)63(51-28-24-43(58(5,6)7)34-48(51)47-21-17-16-20-46(47)39-18-14-13-15-19-39)53-33-41-37-60(11,12)36-40(41)32-49(53)61(56)50-35-44(59(8,9)10)25-29-52(50)62(54)45-26-22-42(23-27-45)57(2,3)4/h13-35H,36-37H2,1-12H3. The summed E-state index contributed by atoms with van der Waals surface area (Å²) in [5, 5.41) is 0. The van der Waals surface area contributed by atoms with E-state index in [1.165, 1.54) is 106 Å². The van der Waals surface area contributed by atoms with E-state index in [2.05, 4.69) is 232 Å². The number of rotatable bonds is 4. The van der Waals surface area contributed by atoms with Gasteiger partial charge in [0.1, 0.15) is 0 Å². The molecule has 0 radical (unpaired) electrons. The minimum atomic E-state index is -0.0354. The van der Waals surface area contributed by atoms with Crippen LogP contribution < -0.4 is 26.2 Å². The Balaban J connectivity index is 1.31. The molecule has 0 fully saturated rings. The predicted molar refractivity (Wildman–Crippen MR) is 273 cm³/mol. The normalized spacial score (nSPS) is 15.2. The maximum Gasteiger partial charge on any atom is 0.252 e. The van der Waals surface area contributed by atoms with Gasteiger partial charge in [-0.3, -0.25) is 0 Å². The zero-order chi connectivity index (χ0) is 44.4. The minimum absolute atomic E-state index is 0.00800.